The molecule has 2 N–H and O–H groups in total. The van der Waals surface area contributed by atoms with Crippen LogP contribution in [0, 0.1) is 5.92 Å². The lowest BCUT2D eigenvalue weighted by atomic mass is 9.94. The van der Waals surface area contributed by atoms with Gasteiger partial charge >= 0.3 is 0 Å². The highest BCUT2D eigenvalue weighted by Gasteiger charge is 2.21. The molecule has 7 nitrogen and oxygen atoms in total. The van der Waals surface area contributed by atoms with E-state index in [1.807, 2.05) is 13.0 Å². The van der Waals surface area contributed by atoms with E-state index in [-0.39, 0.29) is 23.1 Å². The van der Waals surface area contributed by atoms with Gasteiger partial charge in [-0.15, -0.1) is 0 Å². The second-order valence-corrected chi connectivity index (χ2v) is 6.35. The Bertz CT molecular complexity index is 917. The number of hydrogen-bond donors (Lipinski definition) is 2. The number of allylic oxidation sites excluding steroid dienone is 2. The van der Waals surface area contributed by atoms with Gasteiger partial charge in [0, 0.05) is 17.8 Å². The van der Waals surface area contributed by atoms with Gasteiger partial charge in [-0.25, -0.2) is 4.68 Å². The van der Waals surface area contributed by atoms with E-state index in [0.29, 0.717) is 23.7 Å². The predicted molar refractivity (Wildman–Crippen MR) is 98.4 cm³/mol. The number of hydrogen-bond acceptors (Lipinski definition) is 4. The molecule has 1 aliphatic carbocycles. The van der Waals surface area contributed by atoms with E-state index in [4.69, 9.17) is 0 Å². The lowest BCUT2D eigenvalue weighted by Crippen LogP contribution is -2.45. The maximum absolute atomic E-state index is 12.6. The Hall–Kier alpha value is -2.96. The standard InChI is InChI=1S/C19H22N4O3/c1-2-12-23-19(26)15-11-7-6-10-14(15)16(22-23)18(25)21-20-17(24)13-8-4-3-5-9-13/h3-4,6-7,10-11,13H,2,5,8-9,12H2,1H3,(H,20,24)(H,21,25). The first kappa shape index (κ1) is 17.8. The van der Waals surface area contributed by atoms with Gasteiger partial charge in [0.05, 0.1) is 5.39 Å². The Balaban J connectivity index is 1.83. The van der Waals surface area contributed by atoms with Gasteiger partial charge in [0.1, 0.15) is 0 Å². The van der Waals surface area contributed by atoms with Gasteiger partial charge in [-0.2, -0.15) is 5.10 Å². The second-order valence-electron chi connectivity index (χ2n) is 6.35. The fraction of sp³-hybridized carbons (Fsp3) is 0.368. The Labute approximate surface area is 151 Å². The lowest BCUT2D eigenvalue weighted by Gasteiger charge is -2.17. The average molecular weight is 354 g/mol. The minimum atomic E-state index is -0.536. The van der Waals surface area contributed by atoms with Crippen LogP contribution < -0.4 is 16.4 Å². The molecule has 1 unspecified atom stereocenters. The number of benzene rings is 1. The topological polar surface area (TPSA) is 93.1 Å². The Morgan fingerprint density at radius 2 is 1.96 bits per heavy atom. The van der Waals surface area contributed by atoms with Crippen molar-refractivity contribution in [1.82, 2.24) is 20.6 Å². The van der Waals surface area contributed by atoms with E-state index in [9.17, 15) is 14.4 Å². The number of aryl methyl sites for hydroxylation is 1. The van der Waals surface area contributed by atoms with Gasteiger partial charge in [-0.3, -0.25) is 25.2 Å². The van der Waals surface area contributed by atoms with E-state index < -0.39 is 5.91 Å². The predicted octanol–water partition coefficient (Wildman–Crippen LogP) is 1.92. The van der Waals surface area contributed by atoms with Crippen molar-refractivity contribution < 1.29 is 9.59 Å². The molecule has 1 aromatic heterocycles. The molecule has 0 saturated carbocycles. The molecule has 1 aromatic carbocycles. The molecule has 0 fully saturated rings. The molecule has 0 bridgehead atoms. The fourth-order valence-electron chi connectivity index (χ4n) is 3.08. The first-order chi connectivity index (χ1) is 12.6. The largest absolute Gasteiger partial charge is 0.290 e. The van der Waals surface area contributed by atoms with Gasteiger partial charge in [0.2, 0.25) is 5.91 Å². The molecule has 0 saturated heterocycles. The highest BCUT2D eigenvalue weighted by molar-refractivity contribution is 6.05. The van der Waals surface area contributed by atoms with Crippen molar-refractivity contribution in [2.75, 3.05) is 0 Å². The number of carbonyl (C=O) groups excluding carboxylic acids is 2. The summed E-state index contributed by atoms with van der Waals surface area (Å²) < 4.78 is 1.30. The summed E-state index contributed by atoms with van der Waals surface area (Å²) in [4.78, 5) is 37.2. The van der Waals surface area contributed by atoms with E-state index in [0.717, 1.165) is 19.3 Å². The van der Waals surface area contributed by atoms with Crippen molar-refractivity contribution in [2.45, 2.75) is 39.2 Å². The van der Waals surface area contributed by atoms with Crippen LogP contribution in [-0.4, -0.2) is 21.6 Å². The van der Waals surface area contributed by atoms with Gasteiger partial charge in [0.25, 0.3) is 11.5 Å². The number of nitrogens with one attached hydrogen (secondary N) is 2. The summed E-state index contributed by atoms with van der Waals surface area (Å²) in [5.41, 5.74) is 4.82. The SMILES string of the molecule is CCCn1nc(C(=O)NNC(=O)C2CC=CCC2)c2ccccc2c1=O. The normalized spacial score (nSPS) is 16.4. The fourth-order valence-corrected chi connectivity index (χ4v) is 3.08. The number of aromatic nitrogens is 2. The zero-order valence-electron chi connectivity index (χ0n) is 14.7. The number of fused-ring (bicyclic) bond motifs is 1. The monoisotopic (exact) mass is 354 g/mol. The molecule has 2 amide bonds. The summed E-state index contributed by atoms with van der Waals surface area (Å²) in [6, 6.07) is 6.86. The van der Waals surface area contributed by atoms with Gasteiger partial charge < -0.3 is 0 Å². The second kappa shape index (κ2) is 7.95. The van der Waals surface area contributed by atoms with Crippen molar-refractivity contribution in [1.29, 1.82) is 0 Å². The maximum atomic E-state index is 12.6. The quantitative estimate of drug-likeness (QED) is 0.648. The van der Waals surface area contributed by atoms with Gasteiger partial charge in [0.15, 0.2) is 5.69 Å². The number of amides is 2. The smallest absolute Gasteiger partial charge is 0.273 e. The van der Waals surface area contributed by atoms with Crippen LogP contribution in [0.25, 0.3) is 10.8 Å². The van der Waals surface area contributed by atoms with Crippen molar-refractivity contribution >= 4 is 22.6 Å². The molecule has 1 heterocycles. The molecule has 0 aliphatic heterocycles. The molecule has 136 valence electrons. The third-order valence-electron chi connectivity index (χ3n) is 4.46. The first-order valence-electron chi connectivity index (χ1n) is 8.87. The van der Waals surface area contributed by atoms with Crippen molar-refractivity contribution in [3.05, 3.63) is 52.5 Å². The van der Waals surface area contributed by atoms with Crippen molar-refractivity contribution in [3.8, 4) is 0 Å². The number of nitrogens with zero attached hydrogens (tertiary/aromatic N) is 2. The van der Waals surface area contributed by atoms with Crippen LogP contribution in [0.4, 0.5) is 0 Å². The van der Waals surface area contributed by atoms with Crippen molar-refractivity contribution in [3.63, 3.8) is 0 Å². The van der Waals surface area contributed by atoms with Gasteiger partial charge in [-0.05, 0) is 31.7 Å². The zero-order valence-corrected chi connectivity index (χ0v) is 14.7. The minimum Gasteiger partial charge on any atom is -0.273 e. The summed E-state index contributed by atoms with van der Waals surface area (Å²) >= 11 is 0. The molecule has 3 rings (SSSR count). The van der Waals surface area contributed by atoms with Crippen LogP contribution in [0.1, 0.15) is 43.1 Å². The molecule has 1 atom stereocenters. The molecule has 0 radical (unpaired) electrons. The third kappa shape index (κ3) is 3.66. The van der Waals surface area contributed by atoms with Crippen LogP contribution in [0.5, 0.6) is 0 Å². The molecular weight excluding hydrogens is 332 g/mol. The average Bonchev–Trinajstić information content (AvgIpc) is 2.69. The van der Waals surface area contributed by atoms with Crippen LogP contribution >= 0.6 is 0 Å². The number of rotatable bonds is 4. The van der Waals surface area contributed by atoms with Crippen LogP contribution in [0.3, 0.4) is 0 Å². The van der Waals surface area contributed by atoms with E-state index >= 15 is 0 Å². The summed E-state index contributed by atoms with van der Waals surface area (Å²) in [7, 11) is 0. The molecule has 26 heavy (non-hydrogen) atoms. The van der Waals surface area contributed by atoms with E-state index in [2.05, 4.69) is 22.0 Å². The molecule has 0 spiro atoms. The number of hydrazine groups is 1. The van der Waals surface area contributed by atoms with Crippen LogP contribution in [-0.2, 0) is 11.3 Å². The minimum absolute atomic E-state index is 0.123. The molecule has 2 aromatic rings. The van der Waals surface area contributed by atoms with Crippen LogP contribution in [0.2, 0.25) is 0 Å². The summed E-state index contributed by atoms with van der Waals surface area (Å²) in [6.45, 7) is 2.35. The van der Waals surface area contributed by atoms with Crippen LogP contribution in [0.15, 0.2) is 41.2 Å². The molecular formula is C19H22N4O3. The van der Waals surface area contributed by atoms with E-state index in [1.165, 1.54) is 4.68 Å². The summed E-state index contributed by atoms with van der Waals surface area (Å²) in [6.07, 6.45) is 7.05. The lowest BCUT2D eigenvalue weighted by molar-refractivity contribution is -0.126. The highest BCUT2D eigenvalue weighted by atomic mass is 16.2. The third-order valence-corrected chi connectivity index (χ3v) is 4.46. The first-order valence-corrected chi connectivity index (χ1v) is 8.87. The highest BCUT2D eigenvalue weighted by Crippen LogP contribution is 2.18. The molecule has 7 heteroatoms. The maximum Gasteiger partial charge on any atom is 0.290 e. The summed E-state index contributed by atoms with van der Waals surface area (Å²) in [5, 5.41) is 5.11. The van der Waals surface area contributed by atoms with E-state index in [1.54, 1.807) is 24.3 Å². The summed E-state index contributed by atoms with van der Waals surface area (Å²) in [5.74, 6) is -0.890. The Kier molecular flexibility index (Phi) is 5.46. The Morgan fingerprint density at radius 1 is 1.19 bits per heavy atom. The zero-order chi connectivity index (χ0) is 18.5. The number of carbonyl (C=O) groups is 2. The van der Waals surface area contributed by atoms with Crippen molar-refractivity contribution in [2.24, 2.45) is 5.92 Å². The Morgan fingerprint density at radius 3 is 2.65 bits per heavy atom. The van der Waals surface area contributed by atoms with Gasteiger partial charge in [-0.1, -0.05) is 37.3 Å². The molecule has 1 aliphatic rings.